The van der Waals surface area contributed by atoms with E-state index in [4.69, 9.17) is 11.6 Å². The van der Waals surface area contributed by atoms with E-state index in [1.54, 1.807) is 48.5 Å². The Morgan fingerprint density at radius 1 is 0.897 bits per heavy atom. The minimum Gasteiger partial charge on any atom is -0.347 e. The van der Waals surface area contributed by atoms with Gasteiger partial charge in [-0.3, -0.25) is 9.59 Å². The monoisotopic (exact) mass is 468 g/mol. The van der Waals surface area contributed by atoms with Gasteiger partial charge in [0.15, 0.2) is 0 Å². The molecule has 0 fully saturated rings. The zero-order valence-electron chi connectivity index (χ0n) is 15.4. The van der Waals surface area contributed by atoms with Crippen LogP contribution in [0.25, 0.3) is 6.08 Å². The van der Waals surface area contributed by atoms with E-state index in [-0.39, 0.29) is 17.5 Å². The van der Waals surface area contributed by atoms with E-state index in [1.807, 2.05) is 36.4 Å². The third-order valence-corrected chi connectivity index (χ3v) is 5.03. The molecule has 3 aromatic carbocycles. The van der Waals surface area contributed by atoms with Gasteiger partial charge in [-0.05, 0) is 57.4 Å². The SMILES string of the molecule is O=C(NCc1ccccc1)C(=Cc1ccc(Cl)cc1)NC(=O)c1ccccc1Br. The molecule has 6 heteroatoms. The van der Waals surface area contributed by atoms with Gasteiger partial charge in [-0.2, -0.15) is 0 Å². The maximum absolute atomic E-state index is 12.8. The van der Waals surface area contributed by atoms with Crippen molar-refractivity contribution in [1.82, 2.24) is 10.6 Å². The number of amides is 2. The topological polar surface area (TPSA) is 58.2 Å². The molecule has 0 atom stereocenters. The first-order chi connectivity index (χ1) is 14.0. The first-order valence-corrected chi connectivity index (χ1v) is 10.1. The van der Waals surface area contributed by atoms with E-state index in [2.05, 4.69) is 26.6 Å². The fourth-order valence-corrected chi connectivity index (χ4v) is 3.18. The average Bonchev–Trinajstić information content (AvgIpc) is 2.74. The number of carbonyl (C=O) groups excluding carboxylic acids is 2. The predicted molar refractivity (Wildman–Crippen MR) is 119 cm³/mol. The van der Waals surface area contributed by atoms with Gasteiger partial charge in [-0.25, -0.2) is 0 Å². The largest absolute Gasteiger partial charge is 0.347 e. The molecule has 0 aliphatic carbocycles. The van der Waals surface area contributed by atoms with Crippen LogP contribution in [0.5, 0.6) is 0 Å². The molecule has 3 rings (SSSR count). The molecule has 0 aromatic heterocycles. The van der Waals surface area contributed by atoms with E-state index in [0.29, 0.717) is 21.6 Å². The molecule has 29 heavy (non-hydrogen) atoms. The highest BCUT2D eigenvalue weighted by Gasteiger charge is 2.16. The summed E-state index contributed by atoms with van der Waals surface area (Å²) in [5.41, 5.74) is 2.28. The van der Waals surface area contributed by atoms with Crippen LogP contribution in [0, 0.1) is 0 Å². The summed E-state index contributed by atoms with van der Waals surface area (Å²) >= 11 is 9.30. The van der Waals surface area contributed by atoms with E-state index in [1.165, 1.54) is 0 Å². The molecule has 2 amide bonds. The molecular formula is C23H18BrClN2O2. The molecule has 4 nitrogen and oxygen atoms in total. The summed E-state index contributed by atoms with van der Waals surface area (Å²) in [7, 11) is 0. The molecule has 146 valence electrons. The highest BCUT2D eigenvalue weighted by atomic mass is 79.9. The van der Waals surface area contributed by atoms with Crippen LogP contribution in [0.4, 0.5) is 0 Å². The Morgan fingerprint density at radius 2 is 1.55 bits per heavy atom. The number of hydrogen-bond donors (Lipinski definition) is 2. The van der Waals surface area contributed by atoms with Crippen LogP contribution >= 0.6 is 27.5 Å². The molecule has 3 aromatic rings. The lowest BCUT2D eigenvalue weighted by molar-refractivity contribution is -0.117. The molecule has 0 radical (unpaired) electrons. The third-order valence-electron chi connectivity index (χ3n) is 4.09. The molecule has 0 unspecified atom stereocenters. The van der Waals surface area contributed by atoms with Crippen LogP contribution in [0.3, 0.4) is 0 Å². The Bertz CT molecular complexity index is 1030. The van der Waals surface area contributed by atoms with Gasteiger partial charge in [0.1, 0.15) is 5.70 Å². The summed E-state index contributed by atoms with van der Waals surface area (Å²) in [5, 5.41) is 6.15. The second kappa shape index (κ2) is 10.0. The van der Waals surface area contributed by atoms with Crippen molar-refractivity contribution in [3.8, 4) is 0 Å². The van der Waals surface area contributed by atoms with Crippen LogP contribution in [-0.2, 0) is 11.3 Å². The normalized spacial score (nSPS) is 11.0. The average molecular weight is 470 g/mol. The number of halogens is 2. The Kier molecular flexibility index (Phi) is 7.22. The minimum atomic E-state index is -0.385. The van der Waals surface area contributed by atoms with Crippen molar-refractivity contribution >= 4 is 45.4 Å². The predicted octanol–water partition coefficient (Wildman–Crippen LogP) is 5.19. The lowest BCUT2D eigenvalue weighted by atomic mass is 10.1. The number of rotatable bonds is 6. The lowest BCUT2D eigenvalue weighted by Gasteiger charge is -2.12. The summed E-state index contributed by atoms with van der Waals surface area (Å²) in [6.45, 7) is 0.350. The first-order valence-electron chi connectivity index (χ1n) is 8.88. The lowest BCUT2D eigenvalue weighted by Crippen LogP contribution is -2.34. The van der Waals surface area contributed by atoms with Crippen molar-refractivity contribution in [1.29, 1.82) is 0 Å². The van der Waals surface area contributed by atoms with Crippen molar-refractivity contribution in [3.63, 3.8) is 0 Å². The molecule has 0 saturated heterocycles. The highest BCUT2D eigenvalue weighted by Crippen LogP contribution is 2.17. The smallest absolute Gasteiger partial charge is 0.268 e. The molecule has 2 N–H and O–H groups in total. The summed E-state index contributed by atoms with van der Waals surface area (Å²) < 4.78 is 0.646. The fourth-order valence-electron chi connectivity index (χ4n) is 2.59. The summed E-state index contributed by atoms with van der Waals surface area (Å²) in [6, 6.07) is 23.6. The van der Waals surface area contributed by atoms with Crippen molar-refractivity contribution < 1.29 is 9.59 Å². The van der Waals surface area contributed by atoms with E-state index < -0.39 is 0 Å². The van der Waals surface area contributed by atoms with E-state index in [9.17, 15) is 9.59 Å². The van der Waals surface area contributed by atoms with Gasteiger partial charge in [0.2, 0.25) is 0 Å². The van der Waals surface area contributed by atoms with Crippen molar-refractivity contribution in [3.05, 3.63) is 111 Å². The van der Waals surface area contributed by atoms with Crippen molar-refractivity contribution in [2.24, 2.45) is 0 Å². The maximum Gasteiger partial charge on any atom is 0.268 e. The zero-order valence-corrected chi connectivity index (χ0v) is 17.7. The number of nitrogens with one attached hydrogen (secondary N) is 2. The second-order valence-corrected chi connectivity index (χ2v) is 7.50. The molecule has 0 heterocycles. The Balaban J connectivity index is 1.82. The first kappa shape index (κ1) is 20.8. The van der Waals surface area contributed by atoms with Gasteiger partial charge in [0.25, 0.3) is 11.8 Å². The Morgan fingerprint density at radius 3 is 2.24 bits per heavy atom. The third kappa shape index (κ3) is 6.04. The number of carbonyl (C=O) groups is 2. The van der Waals surface area contributed by atoms with E-state index >= 15 is 0 Å². The van der Waals surface area contributed by atoms with Crippen molar-refractivity contribution in [2.75, 3.05) is 0 Å². The molecule has 0 saturated carbocycles. The Hall–Kier alpha value is -2.89. The van der Waals surface area contributed by atoms with Crippen LogP contribution in [0.15, 0.2) is 89.0 Å². The van der Waals surface area contributed by atoms with Gasteiger partial charge in [0.05, 0.1) is 5.56 Å². The van der Waals surface area contributed by atoms with Crippen LogP contribution in [0.1, 0.15) is 21.5 Å². The van der Waals surface area contributed by atoms with Gasteiger partial charge in [0, 0.05) is 16.0 Å². The van der Waals surface area contributed by atoms with Crippen LogP contribution in [-0.4, -0.2) is 11.8 Å². The maximum atomic E-state index is 12.8. The van der Waals surface area contributed by atoms with Gasteiger partial charge < -0.3 is 10.6 Å². The van der Waals surface area contributed by atoms with Crippen LogP contribution in [0.2, 0.25) is 5.02 Å². The quantitative estimate of drug-likeness (QED) is 0.488. The van der Waals surface area contributed by atoms with Gasteiger partial charge in [-0.1, -0.05) is 66.2 Å². The van der Waals surface area contributed by atoms with Gasteiger partial charge in [-0.15, -0.1) is 0 Å². The number of hydrogen-bond acceptors (Lipinski definition) is 2. The standard InChI is InChI=1S/C23H18BrClN2O2/c24-20-9-5-4-8-19(20)22(28)27-21(14-16-10-12-18(25)13-11-16)23(29)26-15-17-6-2-1-3-7-17/h1-14H,15H2,(H,26,29)(H,27,28). The fraction of sp³-hybridized carbons (Fsp3) is 0.0435. The molecule has 0 aliphatic heterocycles. The summed E-state index contributed by atoms with van der Waals surface area (Å²) in [5.74, 6) is -0.767. The highest BCUT2D eigenvalue weighted by molar-refractivity contribution is 9.10. The minimum absolute atomic E-state index is 0.143. The molecule has 0 spiro atoms. The number of benzene rings is 3. The summed E-state index contributed by atoms with van der Waals surface area (Å²) in [6.07, 6.45) is 1.62. The second-order valence-electron chi connectivity index (χ2n) is 6.21. The zero-order chi connectivity index (χ0) is 20.6. The molecular weight excluding hydrogens is 452 g/mol. The summed E-state index contributed by atoms with van der Waals surface area (Å²) in [4.78, 5) is 25.5. The van der Waals surface area contributed by atoms with Gasteiger partial charge >= 0.3 is 0 Å². The van der Waals surface area contributed by atoms with Crippen molar-refractivity contribution in [2.45, 2.75) is 6.54 Å². The Labute approximate surface area is 182 Å². The van der Waals surface area contributed by atoms with Crippen LogP contribution < -0.4 is 10.6 Å². The van der Waals surface area contributed by atoms with E-state index in [0.717, 1.165) is 11.1 Å². The molecule has 0 aliphatic rings. The molecule has 0 bridgehead atoms.